The van der Waals surface area contributed by atoms with Gasteiger partial charge in [0.15, 0.2) is 0 Å². The van der Waals surface area contributed by atoms with Gasteiger partial charge in [-0.15, -0.1) is 0 Å². The average Bonchev–Trinajstić information content (AvgIpc) is 2.50. The van der Waals surface area contributed by atoms with Crippen molar-refractivity contribution in [3.8, 4) is 0 Å². The fraction of sp³-hybridized carbons (Fsp3) is 0.444. The van der Waals surface area contributed by atoms with E-state index in [1.54, 1.807) is 5.57 Å². The van der Waals surface area contributed by atoms with Gasteiger partial charge in [0, 0.05) is 18.0 Å². The normalized spacial score (nSPS) is 33.5. The SMILES string of the molecule is C1=CCC(NC2CCCC=C2C2C=CC=CC2)C=C1. The van der Waals surface area contributed by atoms with Crippen molar-refractivity contribution in [2.45, 2.75) is 44.2 Å². The van der Waals surface area contributed by atoms with Crippen LogP contribution in [0.15, 0.2) is 60.3 Å². The minimum Gasteiger partial charge on any atom is -0.304 e. The van der Waals surface area contributed by atoms with Gasteiger partial charge in [0.1, 0.15) is 0 Å². The molecule has 3 aliphatic rings. The maximum absolute atomic E-state index is 3.84. The summed E-state index contributed by atoms with van der Waals surface area (Å²) in [5.41, 5.74) is 1.62. The summed E-state index contributed by atoms with van der Waals surface area (Å²) in [5.74, 6) is 0.617. The van der Waals surface area contributed by atoms with Gasteiger partial charge < -0.3 is 5.32 Å². The summed E-state index contributed by atoms with van der Waals surface area (Å²) in [6.07, 6.45) is 26.5. The Morgan fingerprint density at radius 3 is 2.53 bits per heavy atom. The lowest BCUT2D eigenvalue weighted by Crippen LogP contribution is -2.41. The monoisotopic (exact) mass is 253 g/mol. The summed E-state index contributed by atoms with van der Waals surface area (Å²) in [6, 6.07) is 1.08. The van der Waals surface area contributed by atoms with E-state index in [9.17, 15) is 0 Å². The number of rotatable bonds is 3. The molecule has 1 heteroatoms. The van der Waals surface area contributed by atoms with Crippen LogP contribution in [-0.2, 0) is 0 Å². The first-order valence-electron chi connectivity index (χ1n) is 7.56. The van der Waals surface area contributed by atoms with E-state index >= 15 is 0 Å². The van der Waals surface area contributed by atoms with Crippen molar-refractivity contribution in [1.29, 1.82) is 0 Å². The summed E-state index contributed by atoms with van der Waals surface area (Å²) < 4.78 is 0. The fourth-order valence-electron chi connectivity index (χ4n) is 3.28. The van der Waals surface area contributed by atoms with Crippen LogP contribution in [0.5, 0.6) is 0 Å². The van der Waals surface area contributed by atoms with Crippen LogP contribution < -0.4 is 5.32 Å². The second kappa shape index (κ2) is 6.21. The van der Waals surface area contributed by atoms with Gasteiger partial charge in [-0.2, -0.15) is 0 Å². The Bertz CT molecular complexity index is 450. The van der Waals surface area contributed by atoms with Crippen molar-refractivity contribution in [2.75, 3.05) is 0 Å². The average molecular weight is 253 g/mol. The van der Waals surface area contributed by atoms with Crippen LogP contribution in [0, 0.1) is 5.92 Å². The standard InChI is InChI=1S/C18H23N/c1-3-9-15(10-4-1)17-13-7-8-14-18(17)19-16-11-5-2-6-12-16/h1-6,9,11,13,15-16,18-19H,7-8,10,12,14H2. The molecule has 0 heterocycles. The predicted octanol–water partition coefficient (Wildman–Crippen LogP) is 4.07. The maximum Gasteiger partial charge on any atom is 0.0293 e. The van der Waals surface area contributed by atoms with Crippen LogP contribution >= 0.6 is 0 Å². The summed E-state index contributed by atoms with van der Waals surface area (Å²) in [7, 11) is 0. The summed E-state index contributed by atoms with van der Waals surface area (Å²) >= 11 is 0. The molecule has 0 saturated carbocycles. The lowest BCUT2D eigenvalue weighted by atomic mass is 9.81. The summed E-state index contributed by atoms with van der Waals surface area (Å²) in [6.45, 7) is 0. The third-order valence-electron chi connectivity index (χ3n) is 4.28. The van der Waals surface area contributed by atoms with Gasteiger partial charge in [0.05, 0.1) is 0 Å². The van der Waals surface area contributed by atoms with E-state index in [0.29, 0.717) is 18.0 Å². The second-order valence-corrected chi connectivity index (χ2v) is 5.66. The van der Waals surface area contributed by atoms with Crippen molar-refractivity contribution in [3.05, 3.63) is 60.3 Å². The van der Waals surface area contributed by atoms with E-state index in [2.05, 4.69) is 60.0 Å². The molecule has 3 rings (SSSR count). The van der Waals surface area contributed by atoms with E-state index in [1.807, 2.05) is 0 Å². The largest absolute Gasteiger partial charge is 0.304 e. The molecule has 0 fully saturated rings. The van der Waals surface area contributed by atoms with Crippen LogP contribution in [-0.4, -0.2) is 12.1 Å². The Kier molecular flexibility index (Phi) is 4.14. The molecule has 0 aliphatic heterocycles. The lowest BCUT2D eigenvalue weighted by Gasteiger charge is -2.33. The molecule has 0 saturated heterocycles. The molecule has 3 aliphatic carbocycles. The van der Waals surface area contributed by atoms with Crippen LogP contribution in [0.4, 0.5) is 0 Å². The predicted molar refractivity (Wildman–Crippen MR) is 81.9 cm³/mol. The molecule has 0 aromatic rings. The Morgan fingerprint density at radius 2 is 1.79 bits per heavy atom. The number of nitrogens with one attached hydrogen (secondary N) is 1. The quantitative estimate of drug-likeness (QED) is 0.748. The molecule has 19 heavy (non-hydrogen) atoms. The van der Waals surface area contributed by atoms with Gasteiger partial charge in [-0.25, -0.2) is 0 Å². The first kappa shape index (κ1) is 12.7. The molecule has 0 spiro atoms. The van der Waals surface area contributed by atoms with Crippen LogP contribution in [0.2, 0.25) is 0 Å². The van der Waals surface area contributed by atoms with Crippen molar-refractivity contribution >= 4 is 0 Å². The first-order chi connectivity index (χ1) is 9.43. The van der Waals surface area contributed by atoms with Gasteiger partial charge in [0.2, 0.25) is 0 Å². The highest BCUT2D eigenvalue weighted by atomic mass is 14.9. The zero-order valence-electron chi connectivity index (χ0n) is 11.5. The lowest BCUT2D eigenvalue weighted by molar-refractivity contribution is 0.436. The summed E-state index contributed by atoms with van der Waals surface area (Å²) in [5, 5.41) is 3.84. The van der Waals surface area contributed by atoms with Gasteiger partial charge in [-0.1, -0.05) is 60.3 Å². The van der Waals surface area contributed by atoms with E-state index in [1.165, 1.54) is 25.7 Å². The van der Waals surface area contributed by atoms with Crippen LogP contribution in [0.1, 0.15) is 32.1 Å². The maximum atomic E-state index is 3.84. The Morgan fingerprint density at radius 1 is 0.947 bits per heavy atom. The molecule has 1 N–H and O–H groups in total. The molecule has 0 amide bonds. The highest BCUT2D eigenvalue weighted by Gasteiger charge is 2.24. The number of allylic oxidation sites excluding steroid dienone is 7. The van der Waals surface area contributed by atoms with Crippen LogP contribution in [0.25, 0.3) is 0 Å². The zero-order valence-corrected chi connectivity index (χ0v) is 11.5. The second-order valence-electron chi connectivity index (χ2n) is 5.66. The van der Waals surface area contributed by atoms with Crippen molar-refractivity contribution in [1.82, 2.24) is 5.32 Å². The van der Waals surface area contributed by atoms with Gasteiger partial charge in [0.25, 0.3) is 0 Å². The minimum absolute atomic E-state index is 0.514. The van der Waals surface area contributed by atoms with E-state index < -0.39 is 0 Å². The topological polar surface area (TPSA) is 12.0 Å². The highest BCUT2D eigenvalue weighted by molar-refractivity contribution is 5.27. The zero-order chi connectivity index (χ0) is 12.9. The smallest absolute Gasteiger partial charge is 0.0293 e. The van der Waals surface area contributed by atoms with Crippen molar-refractivity contribution in [3.63, 3.8) is 0 Å². The molecule has 1 nitrogen and oxygen atoms in total. The molecule has 100 valence electrons. The third-order valence-corrected chi connectivity index (χ3v) is 4.28. The highest BCUT2D eigenvalue weighted by Crippen LogP contribution is 2.30. The molecule has 0 aromatic heterocycles. The summed E-state index contributed by atoms with van der Waals surface area (Å²) in [4.78, 5) is 0. The molecular formula is C18H23N. The van der Waals surface area contributed by atoms with E-state index in [-0.39, 0.29) is 0 Å². The van der Waals surface area contributed by atoms with E-state index in [0.717, 1.165) is 6.42 Å². The molecule has 0 aromatic carbocycles. The molecule has 0 bridgehead atoms. The molecule has 0 radical (unpaired) electrons. The van der Waals surface area contributed by atoms with Gasteiger partial charge >= 0.3 is 0 Å². The van der Waals surface area contributed by atoms with E-state index in [4.69, 9.17) is 0 Å². The molecule has 3 unspecified atom stereocenters. The third kappa shape index (κ3) is 3.16. The van der Waals surface area contributed by atoms with Gasteiger partial charge in [-0.3, -0.25) is 0 Å². The van der Waals surface area contributed by atoms with Crippen molar-refractivity contribution in [2.24, 2.45) is 5.92 Å². The Balaban J connectivity index is 1.68. The number of hydrogen-bond acceptors (Lipinski definition) is 1. The number of hydrogen-bond donors (Lipinski definition) is 1. The minimum atomic E-state index is 0.514. The molecule has 3 atom stereocenters. The van der Waals surface area contributed by atoms with Crippen molar-refractivity contribution < 1.29 is 0 Å². The molecular weight excluding hydrogens is 230 g/mol. The van der Waals surface area contributed by atoms with Gasteiger partial charge in [-0.05, 0) is 32.1 Å². The Labute approximate surface area is 116 Å². The fourth-order valence-corrected chi connectivity index (χ4v) is 3.28. The Hall–Kier alpha value is -1.34. The first-order valence-corrected chi connectivity index (χ1v) is 7.56. The van der Waals surface area contributed by atoms with Crippen LogP contribution in [0.3, 0.4) is 0 Å².